The molecule has 2 aromatic rings. The summed E-state index contributed by atoms with van der Waals surface area (Å²) in [5.41, 5.74) is 0.704. The Hall–Kier alpha value is -2.73. The van der Waals surface area contributed by atoms with Crippen molar-refractivity contribution >= 4 is 23.5 Å². The van der Waals surface area contributed by atoms with Crippen molar-refractivity contribution in [3.05, 3.63) is 58.6 Å². The van der Waals surface area contributed by atoms with Crippen molar-refractivity contribution in [2.75, 3.05) is 7.11 Å². The Balaban J connectivity index is 1.94. The maximum Gasteiger partial charge on any atom is 0.342 e. The monoisotopic (exact) mass is 363 g/mol. The van der Waals surface area contributed by atoms with Gasteiger partial charge in [-0.25, -0.2) is 4.79 Å². The van der Waals surface area contributed by atoms with Crippen LogP contribution < -0.4 is 10.1 Å². The van der Waals surface area contributed by atoms with Crippen LogP contribution in [0, 0.1) is 0 Å². The second-order valence-corrected chi connectivity index (χ2v) is 5.65. The summed E-state index contributed by atoms with van der Waals surface area (Å²) in [5, 5.41) is 13.0. The van der Waals surface area contributed by atoms with Crippen molar-refractivity contribution in [2.45, 2.75) is 19.6 Å². The van der Waals surface area contributed by atoms with Crippen molar-refractivity contribution in [1.29, 1.82) is 0 Å². The van der Waals surface area contributed by atoms with Crippen molar-refractivity contribution in [1.82, 2.24) is 5.32 Å². The summed E-state index contributed by atoms with van der Waals surface area (Å²) in [6.45, 7) is 1.66. The van der Waals surface area contributed by atoms with Gasteiger partial charge in [0.2, 0.25) is 0 Å². The van der Waals surface area contributed by atoms with Gasteiger partial charge in [-0.2, -0.15) is 0 Å². The topological polar surface area (TPSA) is 84.9 Å². The van der Waals surface area contributed by atoms with E-state index in [0.717, 1.165) is 5.56 Å². The van der Waals surface area contributed by atoms with Gasteiger partial charge in [0.05, 0.1) is 7.11 Å². The number of phenolic OH excluding ortho intramolecular Hbond substituents is 1. The molecular weight excluding hydrogens is 346 g/mol. The molecule has 2 N–H and O–H groups in total. The zero-order valence-corrected chi connectivity index (χ0v) is 14.5. The van der Waals surface area contributed by atoms with Crippen LogP contribution in [0.5, 0.6) is 11.5 Å². The number of hydrogen-bond donors (Lipinski definition) is 2. The quantitative estimate of drug-likeness (QED) is 0.771. The zero-order valence-electron chi connectivity index (χ0n) is 13.8. The van der Waals surface area contributed by atoms with Crippen LogP contribution in [0.15, 0.2) is 42.5 Å². The van der Waals surface area contributed by atoms with Gasteiger partial charge in [-0.15, -0.1) is 0 Å². The van der Waals surface area contributed by atoms with Crippen LogP contribution >= 0.6 is 11.6 Å². The van der Waals surface area contributed by atoms with Crippen LogP contribution in [0.2, 0.25) is 5.02 Å². The molecule has 2 rings (SSSR count). The predicted octanol–water partition coefficient (Wildman–Crippen LogP) is 2.92. The van der Waals surface area contributed by atoms with Crippen molar-refractivity contribution in [3.8, 4) is 11.5 Å². The molecule has 0 unspecified atom stereocenters. The van der Waals surface area contributed by atoms with E-state index in [1.807, 2.05) is 6.07 Å². The Bertz CT molecular complexity index is 778. The molecule has 132 valence electrons. The molecule has 7 heteroatoms. The number of amides is 1. The van der Waals surface area contributed by atoms with Crippen molar-refractivity contribution in [2.24, 2.45) is 0 Å². The van der Waals surface area contributed by atoms with E-state index < -0.39 is 18.0 Å². The maximum absolute atomic E-state index is 12.1. The van der Waals surface area contributed by atoms with E-state index in [2.05, 4.69) is 5.32 Å². The summed E-state index contributed by atoms with van der Waals surface area (Å²) >= 11 is 6.02. The molecule has 6 nitrogen and oxygen atoms in total. The first-order valence-electron chi connectivity index (χ1n) is 7.51. The second kappa shape index (κ2) is 8.39. The first-order chi connectivity index (χ1) is 11.9. The Morgan fingerprint density at radius 1 is 1.24 bits per heavy atom. The first-order valence-corrected chi connectivity index (χ1v) is 7.89. The van der Waals surface area contributed by atoms with Crippen LogP contribution in [0.25, 0.3) is 0 Å². The second-order valence-electron chi connectivity index (χ2n) is 5.24. The van der Waals surface area contributed by atoms with Gasteiger partial charge in [0.15, 0.2) is 6.10 Å². The van der Waals surface area contributed by atoms with E-state index in [1.54, 1.807) is 18.2 Å². The molecule has 1 atom stereocenters. The Morgan fingerprint density at radius 2 is 1.96 bits per heavy atom. The average molecular weight is 364 g/mol. The van der Waals surface area contributed by atoms with Gasteiger partial charge in [-0.05, 0) is 30.7 Å². The van der Waals surface area contributed by atoms with E-state index in [9.17, 15) is 14.7 Å². The Kier molecular flexibility index (Phi) is 6.25. The van der Waals surface area contributed by atoms with Gasteiger partial charge in [-0.1, -0.05) is 29.8 Å². The van der Waals surface area contributed by atoms with Crippen molar-refractivity contribution < 1.29 is 24.2 Å². The molecule has 0 bridgehead atoms. The number of carbonyl (C=O) groups excluding carboxylic acids is 2. The summed E-state index contributed by atoms with van der Waals surface area (Å²) in [4.78, 5) is 24.2. The molecule has 25 heavy (non-hydrogen) atoms. The van der Waals surface area contributed by atoms with Crippen LogP contribution in [0.3, 0.4) is 0 Å². The Morgan fingerprint density at radius 3 is 2.60 bits per heavy atom. The average Bonchev–Trinajstić information content (AvgIpc) is 2.60. The van der Waals surface area contributed by atoms with E-state index in [-0.39, 0.29) is 17.9 Å². The van der Waals surface area contributed by atoms with Gasteiger partial charge in [0, 0.05) is 17.6 Å². The normalized spacial score (nSPS) is 11.5. The molecule has 0 aliphatic rings. The lowest BCUT2D eigenvalue weighted by Crippen LogP contribution is -2.35. The number of ether oxygens (including phenoxy) is 2. The zero-order chi connectivity index (χ0) is 18.4. The molecule has 0 saturated heterocycles. The van der Waals surface area contributed by atoms with Crippen LogP contribution in [0.4, 0.5) is 0 Å². The molecular formula is C18H18ClNO5. The first kappa shape index (κ1) is 18.6. The minimum atomic E-state index is -1.03. The molecule has 0 fully saturated rings. The third kappa shape index (κ3) is 4.87. The highest BCUT2D eigenvalue weighted by atomic mass is 35.5. The molecule has 0 spiro atoms. The predicted molar refractivity (Wildman–Crippen MR) is 92.8 cm³/mol. The lowest BCUT2D eigenvalue weighted by Gasteiger charge is -2.14. The lowest BCUT2D eigenvalue weighted by atomic mass is 10.2. The number of halogens is 1. The number of nitrogens with one attached hydrogen (secondary N) is 1. The van der Waals surface area contributed by atoms with Crippen LogP contribution in [-0.4, -0.2) is 30.2 Å². The SMILES string of the molecule is COc1ccc(C(=O)O[C@@H](C)C(=O)NCc2ccccc2Cl)c(O)c1. The number of carbonyl (C=O) groups is 2. The number of phenols is 1. The number of hydrogen-bond acceptors (Lipinski definition) is 5. The maximum atomic E-state index is 12.1. The minimum Gasteiger partial charge on any atom is -0.507 e. The summed E-state index contributed by atoms with van der Waals surface area (Å²) in [5.74, 6) is -1.16. The molecule has 0 saturated carbocycles. The summed E-state index contributed by atoms with van der Waals surface area (Å²) in [6, 6.07) is 11.3. The molecule has 0 aromatic heterocycles. The van der Waals surface area contributed by atoms with Gasteiger partial charge in [-0.3, -0.25) is 4.79 Å². The van der Waals surface area contributed by atoms with E-state index in [4.69, 9.17) is 21.1 Å². The molecule has 0 aliphatic heterocycles. The number of methoxy groups -OCH3 is 1. The van der Waals surface area contributed by atoms with E-state index >= 15 is 0 Å². The molecule has 2 aromatic carbocycles. The molecule has 0 heterocycles. The number of benzene rings is 2. The summed E-state index contributed by atoms with van der Waals surface area (Å²) in [7, 11) is 1.44. The van der Waals surface area contributed by atoms with Gasteiger partial charge < -0.3 is 19.9 Å². The highest BCUT2D eigenvalue weighted by Gasteiger charge is 2.21. The largest absolute Gasteiger partial charge is 0.507 e. The van der Waals surface area contributed by atoms with E-state index in [1.165, 1.54) is 32.2 Å². The minimum absolute atomic E-state index is 0.0495. The van der Waals surface area contributed by atoms with Crippen molar-refractivity contribution in [3.63, 3.8) is 0 Å². The number of rotatable bonds is 6. The standard InChI is InChI=1S/C18H18ClNO5/c1-11(17(22)20-10-12-5-3-4-6-15(12)19)25-18(23)14-8-7-13(24-2)9-16(14)21/h3-9,11,21H,10H2,1-2H3,(H,20,22)/t11-/m0/s1. The summed E-state index contributed by atoms with van der Waals surface area (Å²) in [6.07, 6.45) is -1.03. The van der Waals surface area contributed by atoms with Gasteiger partial charge >= 0.3 is 5.97 Å². The molecule has 0 aliphatic carbocycles. The van der Waals surface area contributed by atoms with E-state index in [0.29, 0.717) is 10.8 Å². The van der Waals surface area contributed by atoms with Crippen LogP contribution in [0.1, 0.15) is 22.8 Å². The van der Waals surface area contributed by atoms with Gasteiger partial charge in [0.25, 0.3) is 5.91 Å². The highest BCUT2D eigenvalue weighted by Crippen LogP contribution is 2.24. The fourth-order valence-electron chi connectivity index (χ4n) is 2.06. The lowest BCUT2D eigenvalue weighted by molar-refractivity contribution is -0.129. The molecule has 0 radical (unpaired) electrons. The summed E-state index contributed by atoms with van der Waals surface area (Å²) < 4.78 is 10.0. The highest BCUT2D eigenvalue weighted by molar-refractivity contribution is 6.31. The Labute approximate surface area is 150 Å². The van der Waals surface area contributed by atoms with Gasteiger partial charge in [0.1, 0.15) is 17.1 Å². The third-order valence-electron chi connectivity index (χ3n) is 3.49. The fourth-order valence-corrected chi connectivity index (χ4v) is 2.26. The fraction of sp³-hybridized carbons (Fsp3) is 0.222. The number of esters is 1. The van der Waals surface area contributed by atoms with Crippen LogP contribution in [-0.2, 0) is 16.1 Å². The smallest absolute Gasteiger partial charge is 0.342 e. The molecule has 1 amide bonds. The third-order valence-corrected chi connectivity index (χ3v) is 3.86. The number of aromatic hydroxyl groups is 1.